The molecule has 0 amide bonds. The molecular formula is C17H29NO. The summed E-state index contributed by atoms with van der Waals surface area (Å²) in [4.78, 5) is 0. The number of unbranched alkanes of at least 4 members (excludes halogenated alkanes) is 1. The van der Waals surface area contributed by atoms with Gasteiger partial charge in [0, 0.05) is 19.3 Å². The first-order valence-electron chi connectivity index (χ1n) is 7.65. The Morgan fingerprint density at radius 2 is 1.84 bits per heavy atom. The second kappa shape index (κ2) is 9.99. The van der Waals surface area contributed by atoms with Crippen LogP contribution in [0.15, 0.2) is 30.3 Å². The van der Waals surface area contributed by atoms with E-state index < -0.39 is 0 Å². The predicted molar refractivity (Wildman–Crippen MR) is 82.4 cm³/mol. The van der Waals surface area contributed by atoms with Crippen LogP contribution in [0.2, 0.25) is 0 Å². The van der Waals surface area contributed by atoms with Gasteiger partial charge in [0.05, 0.1) is 0 Å². The molecule has 2 nitrogen and oxygen atoms in total. The molecule has 0 radical (unpaired) electrons. The Hall–Kier alpha value is -0.860. The summed E-state index contributed by atoms with van der Waals surface area (Å²) < 4.78 is 5.68. The molecule has 0 heterocycles. The molecule has 0 spiro atoms. The summed E-state index contributed by atoms with van der Waals surface area (Å²) in [5, 5.41) is 3.60. The normalized spacial score (nSPS) is 14.3. The first kappa shape index (κ1) is 16.2. The Labute approximate surface area is 118 Å². The van der Waals surface area contributed by atoms with Crippen LogP contribution in [0.4, 0.5) is 0 Å². The molecule has 0 saturated heterocycles. The Bertz CT molecular complexity index is 312. The summed E-state index contributed by atoms with van der Waals surface area (Å²) in [5.41, 5.74) is 1.38. The Kier molecular flexibility index (Phi) is 8.52. The Morgan fingerprint density at radius 1 is 1.11 bits per heavy atom. The van der Waals surface area contributed by atoms with Crippen molar-refractivity contribution in [3.63, 3.8) is 0 Å². The SMILES string of the molecule is CCCCOCCC(C)C(NCC)c1ccccc1. The molecule has 0 aliphatic heterocycles. The van der Waals surface area contributed by atoms with Crippen LogP contribution >= 0.6 is 0 Å². The lowest BCUT2D eigenvalue weighted by Crippen LogP contribution is -2.27. The van der Waals surface area contributed by atoms with Crippen LogP contribution in [0.3, 0.4) is 0 Å². The van der Waals surface area contributed by atoms with E-state index in [-0.39, 0.29) is 0 Å². The van der Waals surface area contributed by atoms with Crippen molar-refractivity contribution in [3.8, 4) is 0 Å². The van der Waals surface area contributed by atoms with Gasteiger partial charge in [0.25, 0.3) is 0 Å². The monoisotopic (exact) mass is 263 g/mol. The average molecular weight is 263 g/mol. The van der Waals surface area contributed by atoms with Crippen molar-refractivity contribution < 1.29 is 4.74 Å². The minimum atomic E-state index is 0.431. The van der Waals surface area contributed by atoms with Gasteiger partial charge in [-0.25, -0.2) is 0 Å². The van der Waals surface area contributed by atoms with Crippen molar-refractivity contribution in [2.24, 2.45) is 5.92 Å². The molecule has 0 saturated carbocycles. The summed E-state index contributed by atoms with van der Waals surface area (Å²) in [5.74, 6) is 0.587. The fraction of sp³-hybridized carbons (Fsp3) is 0.647. The standard InChI is InChI=1S/C17H29NO/c1-4-6-13-19-14-12-15(3)17(18-5-2)16-10-8-7-9-11-16/h7-11,15,17-18H,4-6,12-14H2,1-3H3. The third-order valence-electron chi connectivity index (χ3n) is 3.51. The maximum atomic E-state index is 5.68. The van der Waals surface area contributed by atoms with Gasteiger partial charge >= 0.3 is 0 Å². The number of rotatable bonds is 10. The van der Waals surface area contributed by atoms with Gasteiger partial charge in [0.1, 0.15) is 0 Å². The van der Waals surface area contributed by atoms with Gasteiger partial charge in [0.2, 0.25) is 0 Å². The Morgan fingerprint density at radius 3 is 2.47 bits per heavy atom. The minimum absolute atomic E-state index is 0.431. The van der Waals surface area contributed by atoms with Crippen molar-refractivity contribution in [3.05, 3.63) is 35.9 Å². The van der Waals surface area contributed by atoms with Crippen LogP contribution in [0, 0.1) is 5.92 Å². The summed E-state index contributed by atoms with van der Waals surface area (Å²) in [6, 6.07) is 11.2. The van der Waals surface area contributed by atoms with E-state index in [2.05, 4.69) is 56.4 Å². The largest absolute Gasteiger partial charge is 0.381 e. The zero-order chi connectivity index (χ0) is 13.9. The van der Waals surface area contributed by atoms with Gasteiger partial charge in [-0.05, 0) is 30.9 Å². The van der Waals surface area contributed by atoms with E-state index in [1.165, 1.54) is 18.4 Å². The maximum Gasteiger partial charge on any atom is 0.0469 e. The van der Waals surface area contributed by atoms with E-state index >= 15 is 0 Å². The number of nitrogens with one attached hydrogen (secondary N) is 1. The zero-order valence-corrected chi connectivity index (χ0v) is 12.7. The van der Waals surface area contributed by atoms with Gasteiger partial charge in [-0.1, -0.05) is 57.5 Å². The number of hydrogen-bond donors (Lipinski definition) is 1. The topological polar surface area (TPSA) is 21.3 Å². The van der Waals surface area contributed by atoms with E-state index in [0.29, 0.717) is 12.0 Å². The van der Waals surface area contributed by atoms with Gasteiger partial charge in [-0.3, -0.25) is 0 Å². The summed E-state index contributed by atoms with van der Waals surface area (Å²) in [6.45, 7) is 9.45. The van der Waals surface area contributed by atoms with Gasteiger partial charge < -0.3 is 10.1 Å². The molecule has 108 valence electrons. The molecule has 1 rings (SSSR count). The number of hydrogen-bond acceptors (Lipinski definition) is 2. The van der Waals surface area contributed by atoms with Gasteiger partial charge in [0.15, 0.2) is 0 Å². The van der Waals surface area contributed by atoms with E-state index in [1.54, 1.807) is 0 Å². The zero-order valence-electron chi connectivity index (χ0n) is 12.7. The Balaban J connectivity index is 2.42. The van der Waals surface area contributed by atoms with Crippen LogP contribution < -0.4 is 5.32 Å². The molecular weight excluding hydrogens is 234 g/mol. The lowest BCUT2D eigenvalue weighted by atomic mass is 9.92. The average Bonchev–Trinajstić information content (AvgIpc) is 2.45. The van der Waals surface area contributed by atoms with Gasteiger partial charge in [-0.2, -0.15) is 0 Å². The number of ether oxygens (including phenoxy) is 1. The van der Waals surface area contributed by atoms with Crippen molar-refractivity contribution in [2.75, 3.05) is 19.8 Å². The van der Waals surface area contributed by atoms with Crippen LogP contribution in [-0.2, 0) is 4.74 Å². The van der Waals surface area contributed by atoms with Gasteiger partial charge in [-0.15, -0.1) is 0 Å². The van der Waals surface area contributed by atoms with Crippen LogP contribution in [0.25, 0.3) is 0 Å². The first-order valence-corrected chi connectivity index (χ1v) is 7.65. The highest BCUT2D eigenvalue weighted by Crippen LogP contribution is 2.24. The predicted octanol–water partition coefficient (Wildman–Crippen LogP) is 4.18. The highest BCUT2D eigenvalue weighted by molar-refractivity contribution is 5.19. The van der Waals surface area contributed by atoms with E-state index in [0.717, 1.165) is 26.2 Å². The van der Waals surface area contributed by atoms with Crippen LogP contribution in [0.5, 0.6) is 0 Å². The molecule has 2 heteroatoms. The number of benzene rings is 1. The molecule has 0 aliphatic carbocycles. The first-order chi connectivity index (χ1) is 9.29. The summed E-state index contributed by atoms with van der Waals surface area (Å²) >= 11 is 0. The third kappa shape index (κ3) is 6.22. The lowest BCUT2D eigenvalue weighted by Gasteiger charge is -2.25. The third-order valence-corrected chi connectivity index (χ3v) is 3.51. The maximum absolute atomic E-state index is 5.68. The molecule has 1 aromatic carbocycles. The summed E-state index contributed by atoms with van der Waals surface area (Å²) in [6.07, 6.45) is 3.49. The molecule has 0 aliphatic rings. The molecule has 1 N–H and O–H groups in total. The molecule has 0 fully saturated rings. The minimum Gasteiger partial charge on any atom is -0.381 e. The summed E-state index contributed by atoms with van der Waals surface area (Å²) in [7, 11) is 0. The smallest absolute Gasteiger partial charge is 0.0469 e. The van der Waals surface area contributed by atoms with Crippen molar-refractivity contribution in [1.82, 2.24) is 5.32 Å². The van der Waals surface area contributed by atoms with E-state index in [9.17, 15) is 0 Å². The second-order valence-corrected chi connectivity index (χ2v) is 5.18. The molecule has 0 bridgehead atoms. The second-order valence-electron chi connectivity index (χ2n) is 5.18. The molecule has 1 aromatic rings. The van der Waals surface area contributed by atoms with E-state index in [4.69, 9.17) is 4.74 Å². The lowest BCUT2D eigenvalue weighted by molar-refractivity contribution is 0.114. The quantitative estimate of drug-likeness (QED) is 0.639. The molecule has 0 aromatic heterocycles. The van der Waals surface area contributed by atoms with Crippen molar-refractivity contribution in [1.29, 1.82) is 0 Å². The fourth-order valence-electron chi connectivity index (χ4n) is 2.31. The highest BCUT2D eigenvalue weighted by Gasteiger charge is 2.17. The molecule has 19 heavy (non-hydrogen) atoms. The molecule has 2 unspecified atom stereocenters. The molecule has 2 atom stereocenters. The van der Waals surface area contributed by atoms with Crippen molar-refractivity contribution in [2.45, 2.75) is 46.1 Å². The van der Waals surface area contributed by atoms with E-state index in [1.807, 2.05) is 0 Å². The van der Waals surface area contributed by atoms with Crippen LogP contribution in [-0.4, -0.2) is 19.8 Å². The fourth-order valence-corrected chi connectivity index (χ4v) is 2.31. The van der Waals surface area contributed by atoms with Crippen LogP contribution in [0.1, 0.15) is 51.6 Å². The highest BCUT2D eigenvalue weighted by atomic mass is 16.5. The van der Waals surface area contributed by atoms with Crippen molar-refractivity contribution >= 4 is 0 Å².